The third kappa shape index (κ3) is 7.60. The normalized spacial score (nSPS) is 14.4. The van der Waals surface area contributed by atoms with Crippen molar-refractivity contribution >= 4 is 11.9 Å². The molecule has 156 valence electrons. The van der Waals surface area contributed by atoms with Crippen molar-refractivity contribution in [3.8, 4) is 5.75 Å². The van der Waals surface area contributed by atoms with Gasteiger partial charge in [0.15, 0.2) is 6.10 Å². The van der Waals surface area contributed by atoms with Crippen molar-refractivity contribution in [2.45, 2.75) is 58.8 Å². The SMILES string of the molecule is C[C@H](CC(=O)OC(C)(C)C)C(=O)O[C@@H](C)[C@H](Oc1ccccc1)c1ccccc1. The van der Waals surface area contributed by atoms with Crippen LogP contribution in [0.25, 0.3) is 0 Å². The van der Waals surface area contributed by atoms with Crippen molar-refractivity contribution in [1.29, 1.82) is 0 Å². The Morgan fingerprint density at radius 3 is 2.00 bits per heavy atom. The quantitative estimate of drug-likeness (QED) is 0.579. The lowest BCUT2D eigenvalue weighted by Gasteiger charge is -2.27. The van der Waals surface area contributed by atoms with Gasteiger partial charge < -0.3 is 14.2 Å². The van der Waals surface area contributed by atoms with Gasteiger partial charge in [-0.15, -0.1) is 0 Å². The van der Waals surface area contributed by atoms with E-state index in [2.05, 4.69) is 0 Å². The Hall–Kier alpha value is -2.82. The third-order valence-electron chi connectivity index (χ3n) is 4.16. The highest BCUT2D eigenvalue weighted by Crippen LogP contribution is 2.27. The molecule has 0 heterocycles. The highest BCUT2D eigenvalue weighted by Gasteiger charge is 2.29. The third-order valence-corrected chi connectivity index (χ3v) is 4.16. The van der Waals surface area contributed by atoms with E-state index in [0.717, 1.165) is 5.56 Å². The molecule has 0 saturated carbocycles. The van der Waals surface area contributed by atoms with Crippen molar-refractivity contribution < 1.29 is 23.8 Å². The first-order chi connectivity index (χ1) is 13.7. The van der Waals surface area contributed by atoms with Crippen molar-refractivity contribution in [3.63, 3.8) is 0 Å². The van der Waals surface area contributed by atoms with Crippen LogP contribution in [0.2, 0.25) is 0 Å². The molecule has 0 bridgehead atoms. The number of para-hydroxylation sites is 1. The van der Waals surface area contributed by atoms with E-state index in [1.54, 1.807) is 34.6 Å². The van der Waals surface area contributed by atoms with E-state index in [4.69, 9.17) is 14.2 Å². The molecule has 0 fully saturated rings. The number of benzene rings is 2. The Morgan fingerprint density at radius 2 is 1.45 bits per heavy atom. The average Bonchev–Trinajstić information content (AvgIpc) is 2.65. The standard InChI is InChI=1S/C24H30O5/c1-17(16-21(25)29-24(3,4)5)23(26)27-18(2)22(19-12-8-6-9-13-19)28-20-14-10-7-11-15-20/h6-15,17-18,22H,16H2,1-5H3/t17-,18+,22+/m1/s1. The summed E-state index contributed by atoms with van der Waals surface area (Å²) < 4.78 is 17.1. The topological polar surface area (TPSA) is 61.8 Å². The number of hydrogen-bond donors (Lipinski definition) is 0. The molecule has 2 rings (SSSR count). The van der Waals surface area contributed by atoms with Gasteiger partial charge in [0.25, 0.3) is 0 Å². The average molecular weight is 398 g/mol. The van der Waals surface area contributed by atoms with Crippen LogP contribution in [-0.2, 0) is 19.1 Å². The van der Waals surface area contributed by atoms with Crippen LogP contribution in [0, 0.1) is 5.92 Å². The molecule has 5 nitrogen and oxygen atoms in total. The second kappa shape index (κ2) is 10.1. The van der Waals surface area contributed by atoms with Crippen LogP contribution in [0.3, 0.4) is 0 Å². The Labute approximate surface area is 173 Å². The van der Waals surface area contributed by atoms with Crippen LogP contribution < -0.4 is 4.74 Å². The molecule has 0 unspecified atom stereocenters. The smallest absolute Gasteiger partial charge is 0.309 e. The van der Waals surface area contributed by atoms with Crippen molar-refractivity contribution in [2.24, 2.45) is 5.92 Å². The largest absolute Gasteiger partial charge is 0.482 e. The van der Waals surface area contributed by atoms with Crippen LogP contribution in [0.15, 0.2) is 60.7 Å². The maximum Gasteiger partial charge on any atom is 0.309 e. The predicted octanol–water partition coefficient (Wildman–Crippen LogP) is 5.11. The zero-order valence-electron chi connectivity index (χ0n) is 17.8. The maximum absolute atomic E-state index is 12.6. The van der Waals surface area contributed by atoms with Gasteiger partial charge in [-0.25, -0.2) is 0 Å². The molecule has 0 aliphatic rings. The highest BCUT2D eigenvalue weighted by molar-refractivity contribution is 5.79. The van der Waals surface area contributed by atoms with E-state index in [1.807, 2.05) is 60.7 Å². The summed E-state index contributed by atoms with van der Waals surface area (Å²) >= 11 is 0. The molecule has 2 aromatic carbocycles. The molecule has 2 aromatic rings. The lowest BCUT2D eigenvalue weighted by molar-refractivity contribution is -0.165. The zero-order valence-corrected chi connectivity index (χ0v) is 17.8. The summed E-state index contributed by atoms with van der Waals surface area (Å²) in [5, 5.41) is 0. The lowest BCUT2D eigenvalue weighted by Crippen LogP contribution is -2.31. The molecule has 29 heavy (non-hydrogen) atoms. The van der Waals surface area contributed by atoms with Gasteiger partial charge in [0, 0.05) is 0 Å². The second-order valence-electron chi connectivity index (χ2n) is 8.10. The molecule has 0 aromatic heterocycles. The van der Waals surface area contributed by atoms with E-state index in [-0.39, 0.29) is 6.42 Å². The molecular formula is C24H30O5. The zero-order chi connectivity index (χ0) is 21.4. The van der Waals surface area contributed by atoms with E-state index in [9.17, 15) is 9.59 Å². The molecule has 0 saturated heterocycles. The predicted molar refractivity (Wildman–Crippen MR) is 111 cm³/mol. The van der Waals surface area contributed by atoms with Gasteiger partial charge >= 0.3 is 11.9 Å². The minimum atomic E-state index is -0.611. The molecule has 0 radical (unpaired) electrons. The number of ether oxygens (including phenoxy) is 3. The van der Waals surface area contributed by atoms with Crippen molar-refractivity contribution in [1.82, 2.24) is 0 Å². The van der Waals surface area contributed by atoms with Gasteiger partial charge in [0.2, 0.25) is 0 Å². The van der Waals surface area contributed by atoms with E-state index < -0.39 is 35.7 Å². The summed E-state index contributed by atoms with van der Waals surface area (Å²) in [4.78, 5) is 24.6. The van der Waals surface area contributed by atoms with Crippen LogP contribution in [0.5, 0.6) is 5.75 Å². The Morgan fingerprint density at radius 1 is 0.897 bits per heavy atom. The first-order valence-corrected chi connectivity index (χ1v) is 9.84. The van der Waals surface area contributed by atoms with Gasteiger partial charge in [-0.2, -0.15) is 0 Å². The molecule has 3 atom stereocenters. The van der Waals surface area contributed by atoms with E-state index in [0.29, 0.717) is 5.75 Å². The Balaban J connectivity index is 2.05. The number of rotatable bonds is 8. The second-order valence-corrected chi connectivity index (χ2v) is 8.10. The highest BCUT2D eigenvalue weighted by atomic mass is 16.6. The monoisotopic (exact) mass is 398 g/mol. The van der Waals surface area contributed by atoms with Gasteiger partial charge in [-0.3, -0.25) is 9.59 Å². The van der Waals surface area contributed by atoms with Crippen molar-refractivity contribution in [3.05, 3.63) is 66.2 Å². The lowest BCUT2D eigenvalue weighted by atomic mass is 10.0. The summed E-state index contributed by atoms with van der Waals surface area (Å²) in [7, 11) is 0. The Kier molecular flexibility index (Phi) is 7.82. The maximum atomic E-state index is 12.6. The molecule has 0 amide bonds. The van der Waals surface area contributed by atoms with E-state index in [1.165, 1.54) is 0 Å². The summed E-state index contributed by atoms with van der Waals surface area (Å²) in [5.74, 6) is -0.804. The molecule has 5 heteroatoms. The van der Waals surface area contributed by atoms with Crippen LogP contribution in [0.1, 0.15) is 52.7 Å². The van der Waals surface area contributed by atoms with Crippen LogP contribution in [-0.4, -0.2) is 23.6 Å². The molecule has 0 N–H and O–H groups in total. The fourth-order valence-electron chi connectivity index (χ4n) is 2.80. The first kappa shape index (κ1) is 22.5. The summed E-state index contributed by atoms with van der Waals surface area (Å²) in [6, 6.07) is 19.0. The van der Waals surface area contributed by atoms with Gasteiger partial charge in [-0.05, 0) is 45.4 Å². The van der Waals surface area contributed by atoms with Crippen LogP contribution >= 0.6 is 0 Å². The minimum absolute atomic E-state index is 0.0294. The molecule has 0 spiro atoms. The summed E-state index contributed by atoms with van der Waals surface area (Å²) in [6.45, 7) is 8.83. The minimum Gasteiger partial charge on any atom is -0.482 e. The fourth-order valence-corrected chi connectivity index (χ4v) is 2.80. The first-order valence-electron chi connectivity index (χ1n) is 9.84. The van der Waals surface area contributed by atoms with E-state index >= 15 is 0 Å². The number of carbonyl (C=O) groups excluding carboxylic acids is 2. The summed E-state index contributed by atoms with van der Waals surface area (Å²) in [5.41, 5.74) is 0.312. The fraction of sp³-hybridized carbons (Fsp3) is 0.417. The summed E-state index contributed by atoms with van der Waals surface area (Å²) in [6.07, 6.45) is -1.05. The number of esters is 2. The van der Waals surface area contributed by atoms with Crippen LogP contribution in [0.4, 0.5) is 0 Å². The number of carbonyl (C=O) groups is 2. The van der Waals surface area contributed by atoms with Gasteiger partial charge in [-0.1, -0.05) is 55.5 Å². The van der Waals surface area contributed by atoms with Gasteiger partial charge in [0.1, 0.15) is 17.5 Å². The Bertz CT molecular complexity index is 780. The number of hydrogen-bond acceptors (Lipinski definition) is 5. The molecule has 0 aliphatic carbocycles. The molecule has 0 aliphatic heterocycles. The van der Waals surface area contributed by atoms with Crippen molar-refractivity contribution in [2.75, 3.05) is 0 Å². The van der Waals surface area contributed by atoms with Gasteiger partial charge in [0.05, 0.1) is 12.3 Å². The molecular weight excluding hydrogens is 368 g/mol.